The highest BCUT2D eigenvalue weighted by molar-refractivity contribution is 5.38. The Labute approximate surface area is 70.4 Å². The van der Waals surface area contributed by atoms with Crippen LogP contribution in [-0.2, 0) is 5.41 Å². The molecule has 0 N–H and O–H groups in total. The molecule has 1 saturated carbocycles. The Morgan fingerprint density at radius 1 is 1.25 bits per heavy atom. The number of hydrogen-bond donors (Lipinski definition) is 0. The van der Waals surface area contributed by atoms with Crippen molar-refractivity contribution >= 4 is 0 Å². The van der Waals surface area contributed by atoms with Crippen LogP contribution in [0.2, 0.25) is 0 Å². The van der Waals surface area contributed by atoms with E-state index in [2.05, 4.69) is 6.07 Å². The second-order valence-electron chi connectivity index (χ2n) is 3.20. The number of hydrogen-bond acceptors (Lipinski definition) is 1. The van der Waals surface area contributed by atoms with Crippen molar-refractivity contribution in [3.8, 4) is 6.07 Å². The van der Waals surface area contributed by atoms with Crippen molar-refractivity contribution in [3.05, 3.63) is 35.6 Å². The highest BCUT2D eigenvalue weighted by atomic mass is 19.1. The van der Waals surface area contributed by atoms with Crippen molar-refractivity contribution in [2.45, 2.75) is 18.3 Å². The average molecular weight is 161 g/mol. The summed E-state index contributed by atoms with van der Waals surface area (Å²) in [6, 6.07) is 8.48. The zero-order chi connectivity index (χ0) is 8.60. The fourth-order valence-corrected chi connectivity index (χ4v) is 1.36. The molecule has 0 unspecified atom stereocenters. The molecule has 1 nitrogen and oxygen atoms in total. The topological polar surface area (TPSA) is 23.8 Å². The Balaban J connectivity index is 2.37. The number of benzene rings is 1. The third kappa shape index (κ3) is 0.984. The first kappa shape index (κ1) is 7.30. The van der Waals surface area contributed by atoms with Crippen LogP contribution in [-0.4, -0.2) is 0 Å². The largest absolute Gasteiger partial charge is 0.207 e. The van der Waals surface area contributed by atoms with Gasteiger partial charge in [0.05, 0.1) is 11.5 Å². The van der Waals surface area contributed by atoms with Gasteiger partial charge in [-0.3, -0.25) is 0 Å². The van der Waals surface area contributed by atoms with E-state index in [1.165, 1.54) is 12.1 Å². The van der Waals surface area contributed by atoms with Crippen LogP contribution in [0.25, 0.3) is 0 Å². The third-order valence-electron chi connectivity index (χ3n) is 2.36. The van der Waals surface area contributed by atoms with Crippen molar-refractivity contribution in [2.24, 2.45) is 0 Å². The van der Waals surface area contributed by atoms with Gasteiger partial charge in [0.2, 0.25) is 0 Å². The molecule has 0 amide bonds. The smallest absolute Gasteiger partial charge is 0.123 e. The Morgan fingerprint density at radius 3 is 2.25 bits per heavy atom. The minimum absolute atomic E-state index is 0.243. The maximum absolute atomic E-state index is 12.5. The van der Waals surface area contributed by atoms with Gasteiger partial charge in [0.15, 0.2) is 0 Å². The van der Waals surface area contributed by atoms with Gasteiger partial charge in [0, 0.05) is 0 Å². The second-order valence-corrected chi connectivity index (χ2v) is 3.20. The molecule has 2 heteroatoms. The molecule has 2 rings (SSSR count). The van der Waals surface area contributed by atoms with Gasteiger partial charge in [-0.25, -0.2) is 4.39 Å². The lowest BCUT2D eigenvalue weighted by atomic mass is 9.98. The standard InChI is InChI=1S/C10H8FN/c11-9-3-1-8(2-4-9)10(7-12)5-6-10/h1-4H,5-6H2. The minimum Gasteiger partial charge on any atom is -0.207 e. The van der Waals surface area contributed by atoms with Crippen LogP contribution in [0.5, 0.6) is 0 Å². The maximum Gasteiger partial charge on any atom is 0.123 e. The fourth-order valence-electron chi connectivity index (χ4n) is 1.36. The summed E-state index contributed by atoms with van der Waals surface area (Å²) in [4.78, 5) is 0. The van der Waals surface area contributed by atoms with Crippen molar-refractivity contribution < 1.29 is 4.39 Å². The summed E-state index contributed by atoms with van der Waals surface area (Å²) in [5.41, 5.74) is 0.666. The first-order valence-corrected chi connectivity index (χ1v) is 3.94. The first-order valence-electron chi connectivity index (χ1n) is 3.94. The van der Waals surface area contributed by atoms with E-state index in [-0.39, 0.29) is 11.2 Å². The molecule has 0 aliphatic heterocycles. The van der Waals surface area contributed by atoms with E-state index >= 15 is 0 Å². The first-order chi connectivity index (χ1) is 5.77. The van der Waals surface area contributed by atoms with Gasteiger partial charge in [0.25, 0.3) is 0 Å². The third-order valence-corrected chi connectivity index (χ3v) is 2.36. The zero-order valence-corrected chi connectivity index (χ0v) is 6.55. The molecule has 0 saturated heterocycles. The molecular formula is C10H8FN. The summed E-state index contributed by atoms with van der Waals surface area (Å²) in [6.07, 6.45) is 1.82. The molecule has 1 aliphatic rings. The Bertz CT molecular complexity index is 330. The van der Waals surface area contributed by atoms with Crippen LogP contribution < -0.4 is 0 Å². The van der Waals surface area contributed by atoms with Crippen molar-refractivity contribution in [1.29, 1.82) is 5.26 Å². The predicted molar refractivity (Wildman–Crippen MR) is 42.9 cm³/mol. The molecular weight excluding hydrogens is 153 g/mol. The van der Waals surface area contributed by atoms with Crippen LogP contribution in [0.3, 0.4) is 0 Å². The van der Waals surface area contributed by atoms with Crippen molar-refractivity contribution in [3.63, 3.8) is 0 Å². The molecule has 0 spiro atoms. The summed E-state index contributed by atoms with van der Waals surface area (Å²) in [5.74, 6) is -0.243. The van der Waals surface area contributed by atoms with Gasteiger partial charge in [-0.15, -0.1) is 0 Å². The lowest BCUT2D eigenvalue weighted by Crippen LogP contribution is -2.01. The van der Waals surface area contributed by atoms with Gasteiger partial charge >= 0.3 is 0 Å². The molecule has 1 aliphatic carbocycles. The molecule has 1 fully saturated rings. The summed E-state index contributed by atoms with van der Waals surface area (Å²) in [5, 5.41) is 8.84. The van der Waals surface area contributed by atoms with Gasteiger partial charge in [-0.1, -0.05) is 12.1 Å². The molecule has 1 aromatic rings. The lowest BCUT2D eigenvalue weighted by Gasteiger charge is -2.04. The van der Waals surface area contributed by atoms with Crippen LogP contribution in [0.4, 0.5) is 4.39 Å². The zero-order valence-electron chi connectivity index (χ0n) is 6.55. The Kier molecular flexibility index (Phi) is 1.41. The van der Waals surface area contributed by atoms with Crippen LogP contribution in [0, 0.1) is 17.1 Å². The fraction of sp³-hybridized carbons (Fsp3) is 0.300. The Morgan fingerprint density at radius 2 is 1.83 bits per heavy atom. The van der Waals surface area contributed by atoms with E-state index in [1.807, 2.05) is 0 Å². The van der Waals surface area contributed by atoms with E-state index in [4.69, 9.17) is 5.26 Å². The van der Waals surface area contributed by atoms with E-state index in [0.717, 1.165) is 18.4 Å². The summed E-state index contributed by atoms with van der Waals surface area (Å²) in [7, 11) is 0. The second kappa shape index (κ2) is 2.31. The lowest BCUT2D eigenvalue weighted by molar-refractivity contribution is 0.626. The highest BCUT2D eigenvalue weighted by Crippen LogP contribution is 2.47. The molecule has 0 radical (unpaired) electrons. The number of halogens is 1. The number of nitrogens with zero attached hydrogens (tertiary/aromatic N) is 1. The molecule has 60 valence electrons. The molecule has 0 aromatic heterocycles. The predicted octanol–water partition coefficient (Wildman–Crippen LogP) is 2.38. The van der Waals surface area contributed by atoms with Crippen LogP contribution >= 0.6 is 0 Å². The number of nitriles is 1. The van der Waals surface area contributed by atoms with Gasteiger partial charge in [-0.2, -0.15) is 5.26 Å². The minimum atomic E-state index is -0.284. The summed E-state index contributed by atoms with van der Waals surface area (Å²) in [6.45, 7) is 0. The van der Waals surface area contributed by atoms with Crippen molar-refractivity contribution in [2.75, 3.05) is 0 Å². The van der Waals surface area contributed by atoms with Crippen LogP contribution in [0.15, 0.2) is 24.3 Å². The Hall–Kier alpha value is -1.36. The van der Waals surface area contributed by atoms with Gasteiger partial charge in [0.1, 0.15) is 5.82 Å². The van der Waals surface area contributed by atoms with E-state index in [1.54, 1.807) is 12.1 Å². The highest BCUT2D eigenvalue weighted by Gasteiger charge is 2.44. The molecule has 1 aromatic carbocycles. The van der Waals surface area contributed by atoms with Gasteiger partial charge in [-0.05, 0) is 30.5 Å². The average Bonchev–Trinajstić information content (AvgIpc) is 2.86. The van der Waals surface area contributed by atoms with E-state index in [9.17, 15) is 4.39 Å². The van der Waals surface area contributed by atoms with E-state index < -0.39 is 0 Å². The monoisotopic (exact) mass is 161 g/mol. The molecule has 0 atom stereocenters. The van der Waals surface area contributed by atoms with Crippen LogP contribution in [0.1, 0.15) is 18.4 Å². The quantitative estimate of drug-likeness (QED) is 0.620. The SMILES string of the molecule is N#CC1(c2ccc(F)cc2)CC1. The number of rotatable bonds is 1. The van der Waals surface area contributed by atoms with Crippen molar-refractivity contribution in [1.82, 2.24) is 0 Å². The normalized spacial score (nSPS) is 18.3. The summed E-state index contributed by atoms with van der Waals surface area (Å²) >= 11 is 0. The molecule has 0 bridgehead atoms. The maximum atomic E-state index is 12.5. The van der Waals surface area contributed by atoms with E-state index in [0.29, 0.717) is 0 Å². The van der Waals surface area contributed by atoms with Gasteiger partial charge < -0.3 is 0 Å². The summed E-state index contributed by atoms with van der Waals surface area (Å²) < 4.78 is 12.5. The molecule has 12 heavy (non-hydrogen) atoms. The molecule has 0 heterocycles.